The van der Waals surface area contributed by atoms with E-state index in [-0.39, 0.29) is 19.3 Å². The number of nitrogens with one attached hydrogen (secondary N) is 2. The maximum absolute atomic E-state index is 12.2. The third-order valence-corrected chi connectivity index (χ3v) is 4.12. The Morgan fingerprint density at radius 1 is 1.17 bits per heavy atom. The molecule has 0 aliphatic rings. The standard InChI is InChI=1S/C19H23N5O6/c1-11-22-18(24-30-11)13-5-2-12(3-6-13)4-8-16(26)23-14(7-9-17(27)28)19(29)21-10-15(20)25/h2-3,5-6,14H,4,7-10H2,1H3,(H2,20,25)(H,21,29)(H,23,26)(H,27,28). The fraction of sp³-hybridized carbons (Fsp3) is 0.368. The van der Waals surface area contributed by atoms with E-state index in [0.717, 1.165) is 11.1 Å². The predicted octanol–water partition coefficient (Wildman–Crippen LogP) is -0.0713. The van der Waals surface area contributed by atoms with Crippen LogP contribution in [-0.2, 0) is 25.6 Å². The first-order valence-corrected chi connectivity index (χ1v) is 9.21. The van der Waals surface area contributed by atoms with Crippen LogP contribution in [0.4, 0.5) is 0 Å². The molecule has 11 nitrogen and oxygen atoms in total. The molecule has 1 heterocycles. The van der Waals surface area contributed by atoms with Gasteiger partial charge in [0.15, 0.2) is 0 Å². The largest absolute Gasteiger partial charge is 0.481 e. The number of amides is 3. The highest BCUT2D eigenvalue weighted by atomic mass is 16.5. The fourth-order valence-corrected chi connectivity index (χ4v) is 2.60. The smallest absolute Gasteiger partial charge is 0.303 e. The van der Waals surface area contributed by atoms with Crippen molar-refractivity contribution in [1.29, 1.82) is 0 Å². The minimum atomic E-state index is -1.10. The average molecular weight is 417 g/mol. The number of rotatable bonds is 11. The van der Waals surface area contributed by atoms with Crippen LogP contribution in [0.25, 0.3) is 11.4 Å². The number of carbonyl (C=O) groups excluding carboxylic acids is 3. The fourth-order valence-electron chi connectivity index (χ4n) is 2.60. The number of carboxylic acids is 1. The molecule has 11 heteroatoms. The lowest BCUT2D eigenvalue weighted by molar-refractivity contribution is -0.138. The van der Waals surface area contributed by atoms with Crippen molar-refractivity contribution in [3.63, 3.8) is 0 Å². The van der Waals surface area contributed by atoms with Crippen molar-refractivity contribution in [3.05, 3.63) is 35.7 Å². The van der Waals surface area contributed by atoms with Gasteiger partial charge >= 0.3 is 5.97 Å². The first-order valence-electron chi connectivity index (χ1n) is 9.21. The zero-order valence-corrected chi connectivity index (χ0v) is 16.4. The molecule has 2 aromatic rings. The number of nitrogens with zero attached hydrogens (tertiary/aromatic N) is 2. The second kappa shape index (κ2) is 10.7. The lowest BCUT2D eigenvalue weighted by Crippen LogP contribution is -2.48. The molecule has 2 rings (SSSR count). The summed E-state index contributed by atoms with van der Waals surface area (Å²) < 4.78 is 4.94. The van der Waals surface area contributed by atoms with Crippen LogP contribution in [0.2, 0.25) is 0 Å². The Labute approximate surface area is 172 Å². The molecular weight excluding hydrogens is 394 g/mol. The first-order chi connectivity index (χ1) is 14.2. The van der Waals surface area contributed by atoms with Crippen LogP contribution in [0.3, 0.4) is 0 Å². The Hall–Kier alpha value is -3.76. The summed E-state index contributed by atoms with van der Waals surface area (Å²) >= 11 is 0. The zero-order chi connectivity index (χ0) is 22.1. The molecule has 0 saturated carbocycles. The van der Waals surface area contributed by atoms with E-state index in [1.165, 1.54) is 0 Å². The number of aryl methyl sites for hydroxylation is 2. The third kappa shape index (κ3) is 7.34. The van der Waals surface area contributed by atoms with Gasteiger partial charge in [0, 0.05) is 25.3 Å². The third-order valence-electron chi connectivity index (χ3n) is 4.12. The number of nitrogens with two attached hydrogens (primary N) is 1. The van der Waals surface area contributed by atoms with E-state index in [2.05, 4.69) is 20.8 Å². The topological polar surface area (TPSA) is 178 Å². The van der Waals surface area contributed by atoms with Crippen molar-refractivity contribution in [1.82, 2.24) is 20.8 Å². The number of primary amides is 1. The summed E-state index contributed by atoms with van der Waals surface area (Å²) in [7, 11) is 0. The van der Waals surface area contributed by atoms with Crippen molar-refractivity contribution >= 4 is 23.7 Å². The van der Waals surface area contributed by atoms with Gasteiger partial charge in [-0.25, -0.2) is 0 Å². The summed E-state index contributed by atoms with van der Waals surface area (Å²) in [6.07, 6.45) is 0.0791. The Balaban J connectivity index is 1.89. The summed E-state index contributed by atoms with van der Waals surface area (Å²) in [5, 5.41) is 17.4. The van der Waals surface area contributed by atoms with Gasteiger partial charge in [0.2, 0.25) is 29.4 Å². The van der Waals surface area contributed by atoms with E-state index in [9.17, 15) is 19.2 Å². The highest BCUT2D eigenvalue weighted by molar-refractivity contribution is 5.90. The van der Waals surface area contributed by atoms with Crippen molar-refractivity contribution < 1.29 is 28.8 Å². The molecule has 3 amide bonds. The highest BCUT2D eigenvalue weighted by Crippen LogP contribution is 2.17. The second-order valence-corrected chi connectivity index (χ2v) is 6.57. The molecule has 0 fully saturated rings. The van der Waals surface area contributed by atoms with E-state index in [1.54, 1.807) is 6.92 Å². The van der Waals surface area contributed by atoms with Gasteiger partial charge in [-0.15, -0.1) is 0 Å². The molecule has 1 aromatic heterocycles. The Morgan fingerprint density at radius 3 is 2.43 bits per heavy atom. The summed E-state index contributed by atoms with van der Waals surface area (Å²) in [6.45, 7) is 1.30. The molecule has 0 saturated heterocycles. The lowest BCUT2D eigenvalue weighted by Gasteiger charge is -2.17. The molecule has 0 radical (unpaired) electrons. The van der Waals surface area contributed by atoms with Crippen molar-refractivity contribution in [3.8, 4) is 11.4 Å². The van der Waals surface area contributed by atoms with Crippen molar-refractivity contribution in [2.75, 3.05) is 6.54 Å². The van der Waals surface area contributed by atoms with Gasteiger partial charge in [0.05, 0.1) is 6.54 Å². The molecule has 0 aliphatic carbocycles. The molecule has 1 aromatic carbocycles. The molecule has 0 spiro atoms. The average Bonchev–Trinajstić information content (AvgIpc) is 3.14. The van der Waals surface area contributed by atoms with Crippen LogP contribution in [-0.4, -0.2) is 51.5 Å². The molecule has 1 unspecified atom stereocenters. The van der Waals surface area contributed by atoms with Crippen molar-refractivity contribution in [2.24, 2.45) is 5.73 Å². The molecule has 0 aliphatic heterocycles. The quantitative estimate of drug-likeness (QED) is 0.392. The minimum Gasteiger partial charge on any atom is -0.481 e. The molecule has 30 heavy (non-hydrogen) atoms. The van der Waals surface area contributed by atoms with E-state index >= 15 is 0 Å². The Kier molecular flexibility index (Phi) is 8.03. The van der Waals surface area contributed by atoms with Crippen LogP contribution < -0.4 is 16.4 Å². The number of carboxylic acid groups (broad SMARTS) is 1. The summed E-state index contributed by atoms with van der Waals surface area (Å²) in [4.78, 5) is 50.1. The number of carbonyl (C=O) groups is 4. The van der Waals surface area contributed by atoms with E-state index in [0.29, 0.717) is 18.1 Å². The summed E-state index contributed by atoms with van der Waals surface area (Å²) in [5.41, 5.74) is 6.64. The van der Waals surface area contributed by atoms with E-state index < -0.39 is 36.3 Å². The maximum Gasteiger partial charge on any atom is 0.303 e. The van der Waals surface area contributed by atoms with Crippen LogP contribution in [0.15, 0.2) is 28.8 Å². The SMILES string of the molecule is Cc1nc(-c2ccc(CCC(=O)NC(CCC(=O)O)C(=O)NCC(N)=O)cc2)no1. The van der Waals surface area contributed by atoms with E-state index in [4.69, 9.17) is 15.4 Å². The predicted molar refractivity (Wildman–Crippen MR) is 104 cm³/mol. The molecule has 0 bridgehead atoms. The number of hydrogen-bond acceptors (Lipinski definition) is 7. The molecule has 160 valence electrons. The van der Waals surface area contributed by atoms with E-state index in [1.807, 2.05) is 24.3 Å². The second-order valence-electron chi connectivity index (χ2n) is 6.57. The van der Waals surface area contributed by atoms with Gasteiger partial charge in [-0.1, -0.05) is 29.4 Å². The molecule has 5 N–H and O–H groups in total. The van der Waals surface area contributed by atoms with Gasteiger partial charge in [-0.05, 0) is 18.4 Å². The van der Waals surface area contributed by atoms with Crippen molar-refractivity contribution in [2.45, 2.75) is 38.6 Å². The van der Waals surface area contributed by atoms with Gasteiger partial charge in [-0.3, -0.25) is 19.2 Å². The normalized spacial score (nSPS) is 11.5. The number of hydrogen-bond donors (Lipinski definition) is 4. The summed E-state index contributed by atoms with van der Waals surface area (Å²) in [6, 6.07) is 6.21. The lowest BCUT2D eigenvalue weighted by atomic mass is 10.1. The monoisotopic (exact) mass is 417 g/mol. The first kappa shape index (κ1) is 22.5. The van der Waals surface area contributed by atoms with Crippen LogP contribution in [0.1, 0.15) is 30.7 Å². The van der Waals surface area contributed by atoms with Gasteiger partial charge in [0.25, 0.3) is 0 Å². The molecule has 1 atom stereocenters. The Morgan fingerprint density at radius 2 is 1.87 bits per heavy atom. The van der Waals surface area contributed by atoms with Crippen LogP contribution in [0.5, 0.6) is 0 Å². The number of aromatic nitrogens is 2. The van der Waals surface area contributed by atoms with Crippen LogP contribution in [0, 0.1) is 6.92 Å². The highest BCUT2D eigenvalue weighted by Gasteiger charge is 2.22. The zero-order valence-electron chi connectivity index (χ0n) is 16.4. The minimum absolute atomic E-state index is 0.0906. The number of benzene rings is 1. The number of aliphatic carboxylic acids is 1. The van der Waals surface area contributed by atoms with Crippen LogP contribution >= 0.6 is 0 Å². The molecular formula is C19H23N5O6. The van der Waals surface area contributed by atoms with Gasteiger partial charge < -0.3 is 26.0 Å². The van der Waals surface area contributed by atoms with Gasteiger partial charge in [-0.2, -0.15) is 4.98 Å². The maximum atomic E-state index is 12.2. The van der Waals surface area contributed by atoms with Gasteiger partial charge in [0.1, 0.15) is 6.04 Å². The Bertz CT molecular complexity index is 908. The summed E-state index contributed by atoms with van der Waals surface area (Å²) in [5.74, 6) is -2.00.